The number of furan rings is 1. The Morgan fingerprint density at radius 1 is 1.09 bits per heavy atom. The van der Waals surface area contributed by atoms with Crippen molar-refractivity contribution in [1.82, 2.24) is 15.2 Å². The zero-order valence-corrected chi connectivity index (χ0v) is 20.1. The fourth-order valence-corrected chi connectivity index (χ4v) is 4.27. The van der Waals surface area contributed by atoms with Gasteiger partial charge in [0.1, 0.15) is 5.76 Å². The number of amides is 1. The van der Waals surface area contributed by atoms with Gasteiger partial charge in [-0.15, -0.1) is 10.2 Å². The third-order valence-electron chi connectivity index (χ3n) is 5.43. The minimum atomic E-state index is -0.867. The smallest absolute Gasteiger partial charge is 0.247 e. The van der Waals surface area contributed by atoms with Crippen molar-refractivity contribution in [3.05, 3.63) is 71.4 Å². The van der Waals surface area contributed by atoms with Gasteiger partial charge in [0.05, 0.1) is 5.69 Å². The predicted molar refractivity (Wildman–Crippen MR) is 132 cm³/mol. The molecule has 172 valence electrons. The summed E-state index contributed by atoms with van der Waals surface area (Å²) in [6.45, 7) is 1.97. The van der Waals surface area contributed by atoms with E-state index in [1.807, 2.05) is 61.7 Å². The van der Waals surface area contributed by atoms with Crippen LogP contribution in [0.25, 0.3) is 22.6 Å². The van der Waals surface area contributed by atoms with Crippen molar-refractivity contribution in [1.29, 1.82) is 0 Å². The molecule has 7 nitrogen and oxygen atoms in total. The molecule has 0 unspecified atom stereocenters. The van der Waals surface area contributed by atoms with Gasteiger partial charge in [-0.25, -0.2) is 0 Å². The Kier molecular flexibility index (Phi) is 6.26. The molecule has 0 N–H and O–H groups in total. The summed E-state index contributed by atoms with van der Waals surface area (Å²) in [5.41, 5.74) is 2.74. The van der Waals surface area contributed by atoms with Crippen molar-refractivity contribution in [3.8, 4) is 28.5 Å². The van der Waals surface area contributed by atoms with Crippen LogP contribution in [0.4, 0.5) is 5.69 Å². The van der Waals surface area contributed by atoms with E-state index in [1.165, 1.54) is 11.8 Å². The molecule has 0 saturated heterocycles. The zero-order valence-electron chi connectivity index (χ0n) is 18.6. The molecule has 9 heteroatoms. The monoisotopic (exact) mass is 492 g/mol. The van der Waals surface area contributed by atoms with Gasteiger partial charge >= 0.3 is 0 Å². The molecule has 1 atom stereocenters. The number of hydrogen-bond donors (Lipinski definition) is 0. The summed E-state index contributed by atoms with van der Waals surface area (Å²) in [5.74, 6) is 1.33. The number of anilines is 1. The van der Waals surface area contributed by atoms with Gasteiger partial charge in [-0.05, 0) is 55.1 Å². The van der Waals surface area contributed by atoms with Crippen LogP contribution in [0.2, 0.25) is 5.02 Å². The fraction of sp³-hybridized carbons (Fsp3) is 0.200. The molecule has 1 amide bonds. The van der Waals surface area contributed by atoms with Gasteiger partial charge in [-0.3, -0.25) is 9.69 Å². The van der Waals surface area contributed by atoms with Gasteiger partial charge in [0.2, 0.25) is 23.2 Å². The molecule has 1 aliphatic rings. The van der Waals surface area contributed by atoms with E-state index in [0.717, 1.165) is 11.1 Å². The molecule has 0 aliphatic carbocycles. The third-order valence-corrected chi connectivity index (χ3v) is 6.22. The van der Waals surface area contributed by atoms with Crippen molar-refractivity contribution in [2.45, 2.75) is 31.1 Å². The second-order valence-electron chi connectivity index (χ2n) is 7.66. The highest BCUT2D eigenvalue weighted by Crippen LogP contribution is 2.44. The van der Waals surface area contributed by atoms with E-state index in [1.54, 1.807) is 17.0 Å². The van der Waals surface area contributed by atoms with Crippen LogP contribution < -0.4 is 9.64 Å². The van der Waals surface area contributed by atoms with Crippen LogP contribution >= 0.6 is 23.4 Å². The van der Waals surface area contributed by atoms with Crippen molar-refractivity contribution >= 4 is 35.0 Å². The number of carbonyl (C=O) groups is 1. The van der Waals surface area contributed by atoms with Crippen molar-refractivity contribution in [2.75, 3.05) is 11.2 Å². The first kappa shape index (κ1) is 22.4. The highest BCUT2D eigenvalue weighted by Gasteiger charge is 2.37. The first-order chi connectivity index (χ1) is 16.6. The van der Waals surface area contributed by atoms with E-state index in [-0.39, 0.29) is 5.91 Å². The largest absolute Gasteiger partial charge is 0.455 e. The minimum absolute atomic E-state index is 0.0877. The number of aromatic nitrogens is 3. The van der Waals surface area contributed by atoms with Crippen molar-refractivity contribution < 1.29 is 13.9 Å². The average molecular weight is 493 g/mol. The second-order valence-corrected chi connectivity index (χ2v) is 8.87. The zero-order chi connectivity index (χ0) is 23.7. The molecule has 0 saturated carbocycles. The topological polar surface area (TPSA) is 81.4 Å². The summed E-state index contributed by atoms with van der Waals surface area (Å²) in [6, 6.07) is 18.6. The Bertz CT molecular complexity index is 1340. The maximum absolute atomic E-state index is 13.4. The quantitative estimate of drug-likeness (QED) is 0.298. The molecule has 4 aromatic rings. The van der Waals surface area contributed by atoms with Crippen LogP contribution in [-0.2, 0) is 4.79 Å². The van der Waals surface area contributed by atoms with Gasteiger partial charge in [-0.2, -0.15) is 4.98 Å². The number of nitrogens with zero attached hydrogens (tertiary/aromatic N) is 4. The highest BCUT2D eigenvalue weighted by molar-refractivity contribution is 7.98. The van der Waals surface area contributed by atoms with Crippen LogP contribution in [0.3, 0.4) is 0 Å². The van der Waals surface area contributed by atoms with E-state index in [2.05, 4.69) is 15.2 Å². The number of ether oxygens (including phenoxy) is 1. The van der Waals surface area contributed by atoms with Gasteiger partial charge in [0, 0.05) is 22.6 Å². The van der Waals surface area contributed by atoms with Crippen LogP contribution in [0.15, 0.2) is 70.2 Å². The lowest BCUT2D eigenvalue weighted by Gasteiger charge is -2.29. The molecular formula is C25H21ClN4O3S. The maximum atomic E-state index is 13.4. The van der Waals surface area contributed by atoms with E-state index in [0.29, 0.717) is 51.8 Å². The molecule has 0 bridgehead atoms. The number of rotatable bonds is 5. The molecule has 2 aromatic carbocycles. The van der Waals surface area contributed by atoms with Gasteiger partial charge in [0.25, 0.3) is 0 Å². The first-order valence-corrected chi connectivity index (χ1v) is 12.4. The third kappa shape index (κ3) is 4.15. The predicted octanol–water partition coefficient (Wildman–Crippen LogP) is 6.40. The summed E-state index contributed by atoms with van der Waals surface area (Å²) >= 11 is 7.40. The summed E-state index contributed by atoms with van der Waals surface area (Å²) in [4.78, 5) is 19.6. The van der Waals surface area contributed by atoms with Gasteiger partial charge in [0.15, 0.2) is 11.5 Å². The van der Waals surface area contributed by atoms with Crippen molar-refractivity contribution in [2.24, 2.45) is 0 Å². The normalized spacial score (nSPS) is 14.7. The number of hydrogen-bond acceptors (Lipinski definition) is 7. The van der Waals surface area contributed by atoms with E-state index in [4.69, 9.17) is 20.8 Å². The number of fused-ring (bicyclic) bond motifs is 3. The van der Waals surface area contributed by atoms with Crippen LogP contribution in [0.5, 0.6) is 5.88 Å². The minimum Gasteiger partial charge on any atom is -0.455 e. The van der Waals surface area contributed by atoms with Crippen LogP contribution in [0, 0.1) is 0 Å². The van der Waals surface area contributed by atoms with E-state index in [9.17, 15) is 4.79 Å². The number of halogens is 1. The number of carbonyl (C=O) groups excluding carboxylic acids is 1. The molecular weight excluding hydrogens is 472 g/mol. The molecule has 3 heterocycles. The Hall–Kier alpha value is -3.36. The summed E-state index contributed by atoms with van der Waals surface area (Å²) < 4.78 is 12.6. The Morgan fingerprint density at radius 2 is 1.88 bits per heavy atom. The standard InChI is InChI=1S/C25H21ClN4O3S/c1-3-6-21(31)30-18-8-5-4-7-17(18)22-23(27-25(34-2)29-28-22)33-24(30)20-14-13-19(32-20)15-9-11-16(26)12-10-15/h4-5,7-14,24H,3,6H2,1-2H3/t24-/m1/s1. The average Bonchev–Trinajstić information content (AvgIpc) is 3.29. The first-order valence-electron chi connectivity index (χ1n) is 10.8. The Balaban J connectivity index is 1.66. The summed E-state index contributed by atoms with van der Waals surface area (Å²) in [7, 11) is 0. The summed E-state index contributed by atoms with van der Waals surface area (Å²) in [5, 5.41) is 9.69. The van der Waals surface area contributed by atoms with Crippen molar-refractivity contribution in [3.63, 3.8) is 0 Å². The highest BCUT2D eigenvalue weighted by atomic mass is 35.5. The SMILES string of the molecule is CCCC(=O)N1c2ccccc2-c2nnc(SC)nc2O[C@@H]1c1ccc(-c2ccc(Cl)cc2)o1. The Morgan fingerprint density at radius 3 is 2.65 bits per heavy atom. The lowest BCUT2D eigenvalue weighted by Crippen LogP contribution is -2.37. The number of para-hydroxylation sites is 1. The Labute approximate surface area is 206 Å². The molecule has 0 radical (unpaired) electrons. The maximum Gasteiger partial charge on any atom is 0.247 e. The molecule has 1 aliphatic heterocycles. The van der Waals surface area contributed by atoms with Gasteiger partial charge < -0.3 is 9.15 Å². The molecule has 0 spiro atoms. The van der Waals surface area contributed by atoms with Crippen LogP contribution in [-0.4, -0.2) is 27.3 Å². The number of benzene rings is 2. The lowest BCUT2D eigenvalue weighted by molar-refractivity contribution is -0.120. The summed E-state index contributed by atoms with van der Waals surface area (Å²) in [6.07, 6.45) is 2.05. The molecule has 5 rings (SSSR count). The van der Waals surface area contributed by atoms with Crippen LogP contribution in [0.1, 0.15) is 31.8 Å². The van der Waals surface area contributed by atoms with E-state index < -0.39 is 6.23 Å². The van der Waals surface area contributed by atoms with E-state index >= 15 is 0 Å². The fourth-order valence-electron chi connectivity index (χ4n) is 3.84. The molecule has 0 fully saturated rings. The second kappa shape index (κ2) is 9.48. The molecule has 2 aromatic heterocycles. The lowest BCUT2D eigenvalue weighted by atomic mass is 10.1. The number of thioether (sulfide) groups is 1. The van der Waals surface area contributed by atoms with Gasteiger partial charge in [-0.1, -0.05) is 48.5 Å². The molecule has 34 heavy (non-hydrogen) atoms.